The van der Waals surface area contributed by atoms with Crippen LogP contribution in [0, 0.1) is 6.92 Å². The van der Waals surface area contributed by atoms with Crippen molar-refractivity contribution in [1.82, 2.24) is 10.2 Å². The molecule has 0 radical (unpaired) electrons. The van der Waals surface area contributed by atoms with Crippen molar-refractivity contribution in [3.8, 4) is 5.75 Å². The van der Waals surface area contributed by atoms with Crippen molar-refractivity contribution in [2.45, 2.75) is 51.7 Å². The average molecular weight is 348 g/mol. The number of benzene rings is 1. The molecule has 1 N–H and O–H groups in total. The molecule has 1 aliphatic heterocycles. The molecule has 1 atom stereocenters. The monoisotopic (exact) mass is 348 g/mol. The topological polar surface area (TPSA) is 67.9 Å². The fourth-order valence-corrected chi connectivity index (χ4v) is 3.01. The van der Waals surface area contributed by atoms with Crippen LogP contribution in [0.2, 0.25) is 0 Å². The number of hydrogen-bond donors (Lipinski definition) is 1. The Balaban J connectivity index is 1.91. The molecule has 0 saturated carbocycles. The van der Waals surface area contributed by atoms with Crippen LogP contribution in [0.4, 0.5) is 4.79 Å². The quantitative estimate of drug-likeness (QED) is 0.769. The van der Waals surface area contributed by atoms with Crippen LogP contribution in [0.3, 0.4) is 0 Å². The summed E-state index contributed by atoms with van der Waals surface area (Å²) in [6.45, 7) is 6.09. The second-order valence-corrected chi connectivity index (χ2v) is 7.05. The summed E-state index contributed by atoms with van der Waals surface area (Å²) in [5.74, 6) is 0.282. The molecule has 2 amide bonds. The van der Waals surface area contributed by atoms with Gasteiger partial charge in [-0.25, -0.2) is 9.59 Å². The lowest BCUT2D eigenvalue weighted by molar-refractivity contribution is -0.156. The van der Waals surface area contributed by atoms with Gasteiger partial charge in [-0.3, -0.25) is 0 Å². The van der Waals surface area contributed by atoms with Crippen LogP contribution in [0.25, 0.3) is 0 Å². The summed E-state index contributed by atoms with van der Waals surface area (Å²) >= 11 is 0. The third-order valence-electron chi connectivity index (χ3n) is 4.64. The first kappa shape index (κ1) is 19.1. The number of nitrogens with one attached hydrogen (secondary N) is 1. The highest BCUT2D eigenvalue weighted by atomic mass is 16.6. The van der Waals surface area contributed by atoms with Gasteiger partial charge in [-0.1, -0.05) is 12.1 Å². The molecule has 1 saturated heterocycles. The first-order chi connectivity index (χ1) is 11.7. The van der Waals surface area contributed by atoms with Crippen molar-refractivity contribution in [2.24, 2.45) is 0 Å². The summed E-state index contributed by atoms with van der Waals surface area (Å²) in [7, 11) is 3.20. The number of carbonyl (C=O) groups excluding carboxylic acids is 2. The van der Waals surface area contributed by atoms with Gasteiger partial charge in [0, 0.05) is 13.6 Å². The van der Waals surface area contributed by atoms with Crippen LogP contribution >= 0.6 is 0 Å². The predicted octanol–water partition coefficient (Wildman–Crippen LogP) is 2.67. The van der Waals surface area contributed by atoms with Crippen LogP contribution in [0.5, 0.6) is 5.75 Å². The molecule has 1 heterocycles. The number of carbonyl (C=O) groups is 2. The summed E-state index contributed by atoms with van der Waals surface area (Å²) in [6.07, 6.45) is 2.93. The number of hydrogen-bond acceptors (Lipinski definition) is 4. The van der Waals surface area contributed by atoms with E-state index >= 15 is 0 Å². The molecule has 2 rings (SSSR count). The van der Waals surface area contributed by atoms with Crippen molar-refractivity contribution in [1.29, 1.82) is 0 Å². The van der Waals surface area contributed by atoms with Crippen molar-refractivity contribution in [3.63, 3.8) is 0 Å². The van der Waals surface area contributed by atoms with E-state index in [-0.39, 0.29) is 12.1 Å². The van der Waals surface area contributed by atoms with Gasteiger partial charge in [0.25, 0.3) is 0 Å². The van der Waals surface area contributed by atoms with Crippen molar-refractivity contribution in [3.05, 3.63) is 29.3 Å². The maximum atomic E-state index is 11.8. The predicted molar refractivity (Wildman–Crippen MR) is 95.8 cm³/mol. The molecule has 0 spiro atoms. The SMILES string of the molecule is COC(=O)C(C)(C)Oc1ccc(CCC[C@H]2CNC(=O)N2C)cc1C. The summed E-state index contributed by atoms with van der Waals surface area (Å²) in [4.78, 5) is 25.0. The molecule has 0 aliphatic carbocycles. The van der Waals surface area contributed by atoms with E-state index in [0.717, 1.165) is 31.4 Å². The van der Waals surface area contributed by atoms with Gasteiger partial charge in [0.2, 0.25) is 0 Å². The Hall–Kier alpha value is -2.24. The molecule has 6 nitrogen and oxygen atoms in total. The molecular formula is C19H28N2O4. The fraction of sp³-hybridized carbons (Fsp3) is 0.579. The minimum Gasteiger partial charge on any atom is -0.476 e. The van der Waals surface area contributed by atoms with Gasteiger partial charge in [0.1, 0.15) is 5.75 Å². The number of methoxy groups -OCH3 is 1. The lowest BCUT2D eigenvalue weighted by Crippen LogP contribution is -2.39. The molecule has 0 aromatic heterocycles. The Bertz CT molecular complexity index is 642. The largest absolute Gasteiger partial charge is 0.476 e. The highest BCUT2D eigenvalue weighted by molar-refractivity contribution is 5.79. The van der Waals surface area contributed by atoms with Gasteiger partial charge in [-0.2, -0.15) is 0 Å². The summed E-state index contributed by atoms with van der Waals surface area (Å²) in [5, 5.41) is 2.85. The highest BCUT2D eigenvalue weighted by Crippen LogP contribution is 2.25. The van der Waals surface area contributed by atoms with Gasteiger partial charge < -0.3 is 19.7 Å². The van der Waals surface area contributed by atoms with Crippen molar-refractivity contribution < 1.29 is 19.1 Å². The van der Waals surface area contributed by atoms with E-state index in [2.05, 4.69) is 11.4 Å². The zero-order valence-electron chi connectivity index (χ0n) is 15.7. The Morgan fingerprint density at radius 1 is 1.40 bits per heavy atom. The van der Waals surface area contributed by atoms with E-state index < -0.39 is 11.6 Å². The summed E-state index contributed by atoms with van der Waals surface area (Å²) in [6, 6.07) is 6.30. The fourth-order valence-electron chi connectivity index (χ4n) is 3.01. The summed E-state index contributed by atoms with van der Waals surface area (Å²) < 4.78 is 10.6. The van der Waals surface area contributed by atoms with Gasteiger partial charge in [-0.05, 0) is 57.2 Å². The Morgan fingerprint density at radius 3 is 2.68 bits per heavy atom. The molecule has 1 aliphatic rings. The number of amides is 2. The first-order valence-corrected chi connectivity index (χ1v) is 8.62. The van der Waals surface area contributed by atoms with E-state index in [1.54, 1.807) is 18.7 Å². The standard InChI is InChI=1S/C19H28N2O4/c1-13-11-14(7-6-8-15-12-20-18(23)21(15)4)9-10-16(13)25-19(2,3)17(22)24-5/h9-11,15H,6-8,12H2,1-5H3,(H,20,23)/t15-/m0/s1. The number of rotatable bonds is 7. The molecule has 6 heteroatoms. The van der Waals surface area contributed by atoms with E-state index in [0.29, 0.717) is 5.75 Å². The van der Waals surface area contributed by atoms with Crippen molar-refractivity contribution >= 4 is 12.0 Å². The zero-order chi connectivity index (χ0) is 18.6. The number of likely N-dealkylation sites (N-methyl/N-ethyl adjacent to an activating group) is 1. The van der Waals surface area contributed by atoms with Crippen LogP contribution in [-0.2, 0) is 16.0 Å². The van der Waals surface area contributed by atoms with Crippen LogP contribution in [0.15, 0.2) is 18.2 Å². The van der Waals surface area contributed by atoms with E-state index in [1.165, 1.54) is 12.7 Å². The smallest absolute Gasteiger partial charge is 0.349 e. The molecule has 1 aromatic carbocycles. The van der Waals surface area contributed by atoms with E-state index in [1.807, 2.05) is 26.1 Å². The van der Waals surface area contributed by atoms with Gasteiger partial charge >= 0.3 is 12.0 Å². The molecule has 138 valence electrons. The molecule has 0 unspecified atom stereocenters. The number of aryl methyl sites for hydroxylation is 2. The highest BCUT2D eigenvalue weighted by Gasteiger charge is 2.31. The minimum atomic E-state index is -1.02. The maximum Gasteiger partial charge on any atom is 0.349 e. The Morgan fingerprint density at radius 2 is 2.12 bits per heavy atom. The van der Waals surface area contributed by atoms with E-state index in [9.17, 15) is 9.59 Å². The lowest BCUT2D eigenvalue weighted by Gasteiger charge is -2.24. The van der Waals surface area contributed by atoms with Crippen molar-refractivity contribution in [2.75, 3.05) is 20.7 Å². The number of ether oxygens (including phenoxy) is 2. The molecular weight excluding hydrogens is 320 g/mol. The molecule has 1 fully saturated rings. The average Bonchev–Trinajstić information content (AvgIpc) is 2.88. The lowest BCUT2D eigenvalue weighted by atomic mass is 10.0. The Kier molecular flexibility index (Phi) is 5.93. The number of esters is 1. The minimum absolute atomic E-state index is 0.00978. The number of urea groups is 1. The first-order valence-electron chi connectivity index (χ1n) is 8.62. The van der Waals surface area contributed by atoms with Crippen LogP contribution in [-0.4, -0.2) is 49.2 Å². The molecule has 1 aromatic rings. The maximum absolute atomic E-state index is 11.8. The second-order valence-electron chi connectivity index (χ2n) is 7.05. The third kappa shape index (κ3) is 4.65. The molecule has 25 heavy (non-hydrogen) atoms. The third-order valence-corrected chi connectivity index (χ3v) is 4.64. The van der Waals surface area contributed by atoms with Gasteiger partial charge in [0.15, 0.2) is 5.60 Å². The zero-order valence-corrected chi connectivity index (χ0v) is 15.7. The summed E-state index contributed by atoms with van der Waals surface area (Å²) in [5.41, 5.74) is 1.19. The van der Waals surface area contributed by atoms with Crippen LogP contribution < -0.4 is 10.1 Å². The normalized spacial score (nSPS) is 17.4. The van der Waals surface area contributed by atoms with Gasteiger partial charge in [-0.15, -0.1) is 0 Å². The van der Waals surface area contributed by atoms with Gasteiger partial charge in [0.05, 0.1) is 13.2 Å². The second kappa shape index (κ2) is 7.76. The molecule has 0 bridgehead atoms. The van der Waals surface area contributed by atoms with E-state index in [4.69, 9.17) is 9.47 Å². The Labute approximate surface area is 149 Å². The number of nitrogens with zero attached hydrogens (tertiary/aromatic N) is 1. The van der Waals surface area contributed by atoms with Crippen LogP contribution in [0.1, 0.15) is 37.8 Å².